The van der Waals surface area contributed by atoms with E-state index in [0.29, 0.717) is 18.0 Å². The highest BCUT2D eigenvalue weighted by Gasteiger charge is 1.98. The monoisotopic (exact) mass is 352 g/mol. The van der Waals surface area contributed by atoms with Gasteiger partial charge in [-0.2, -0.15) is 0 Å². The fraction of sp³-hybridized carbons (Fsp3) is 0.870. The summed E-state index contributed by atoms with van der Waals surface area (Å²) in [5.74, 6) is 0.761. The van der Waals surface area contributed by atoms with Crippen molar-refractivity contribution in [1.82, 2.24) is 0 Å². The first-order valence-electron chi connectivity index (χ1n) is 11.0. The molecule has 0 bridgehead atoms. The number of rotatable bonds is 20. The van der Waals surface area contributed by atoms with Crippen molar-refractivity contribution in [3.63, 3.8) is 0 Å². The van der Waals surface area contributed by atoms with Crippen molar-refractivity contribution < 1.29 is 9.90 Å². The normalized spacial score (nSPS) is 10.9. The van der Waals surface area contributed by atoms with E-state index in [-0.39, 0.29) is 0 Å². The molecule has 0 atom stereocenters. The summed E-state index contributed by atoms with van der Waals surface area (Å²) in [5.41, 5.74) is 0. The summed E-state index contributed by atoms with van der Waals surface area (Å²) in [6, 6.07) is 0. The van der Waals surface area contributed by atoms with E-state index in [4.69, 9.17) is 5.11 Å². The predicted octanol–water partition coefficient (Wildman–Crippen LogP) is 8.06. The Morgan fingerprint density at radius 2 is 0.880 bits per heavy atom. The highest BCUT2D eigenvalue weighted by molar-refractivity contribution is 5.77. The number of aliphatic hydroxyl groups excluding tert-OH is 1. The second-order valence-electron chi connectivity index (χ2n) is 7.62. The lowest BCUT2D eigenvalue weighted by Crippen LogP contribution is -1.94. The SMILES string of the molecule is C=C(O)CCCCCCCCCCCCCCCCCCC(=O)CC. The number of ketones is 1. The van der Waals surface area contributed by atoms with Crippen LogP contribution < -0.4 is 0 Å². The smallest absolute Gasteiger partial charge is 0.132 e. The van der Waals surface area contributed by atoms with E-state index in [1.165, 1.54) is 89.9 Å². The minimum Gasteiger partial charge on any atom is -0.513 e. The van der Waals surface area contributed by atoms with Crippen LogP contribution in [-0.2, 0) is 4.79 Å². The van der Waals surface area contributed by atoms with Crippen LogP contribution in [0.2, 0.25) is 0 Å². The van der Waals surface area contributed by atoms with E-state index in [0.717, 1.165) is 25.7 Å². The molecule has 0 fully saturated rings. The number of carbonyl (C=O) groups excluding carboxylic acids is 1. The molecule has 0 aliphatic heterocycles. The van der Waals surface area contributed by atoms with Crippen molar-refractivity contribution in [3.8, 4) is 0 Å². The molecule has 148 valence electrons. The Labute approximate surface area is 157 Å². The van der Waals surface area contributed by atoms with Gasteiger partial charge in [0.1, 0.15) is 5.78 Å². The van der Waals surface area contributed by atoms with Crippen LogP contribution in [0.15, 0.2) is 12.3 Å². The molecule has 0 aromatic carbocycles. The minimum absolute atomic E-state index is 0.337. The Kier molecular flexibility index (Phi) is 18.9. The molecule has 2 nitrogen and oxygen atoms in total. The molecule has 0 aliphatic rings. The lowest BCUT2D eigenvalue weighted by atomic mass is 10.0. The van der Waals surface area contributed by atoms with Gasteiger partial charge in [-0.3, -0.25) is 4.79 Å². The van der Waals surface area contributed by atoms with Gasteiger partial charge in [-0.15, -0.1) is 0 Å². The first kappa shape index (κ1) is 24.2. The maximum Gasteiger partial charge on any atom is 0.132 e. The average Bonchev–Trinajstić information content (AvgIpc) is 2.60. The molecule has 0 saturated carbocycles. The van der Waals surface area contributed by atoms with E-state index < -0.39 is 0 Å². The van der Waals surface area contributed by atoms with Crippen LogP contribution in [-0.4, -0.2) is 10.9 Å². The molecule has 2 heteroatoms. The third kappa shape index (κ3) is 21.2. The van der Waals surface area contributed by atoms with E-state index in [1.807, 2.05) is 6.92 Å². The van der Waals surface area contributed by atoms with Crippen molar-refractivity contribution in [2.24, 2.45) is 0 Å². The fourth-order valence-electron chi connectivity index (χ4n) is 3.30. The van der Waals surface area contributed by atoms with Gasteiger partial charge in [-0.1, -0.05) is 103 Å². The highest BCUT2D eigenvalue weighted by atomic mass is 16.3. The standard InChI is InChI=1S/C23H44O2/c1-3-23(25)21-19-17-15-13-11-9-7-5-4-6-8-10-12-14-16-18-20-22(2)24/h24H,2-21H2,1H3. The topological polar surface area (TPSA) is 37.3 Å². The average molecular weight is 353 g/mol. The Hall–Kier alpha value is -0.790. The van der Waals surface area contributed by atoms with Gasteiger partial charge in [0.2, 0.25) is 0 Å². The Morgan fingerprint density at radius 3 is 1.16 bits per heavy atom. The number of unbranched alkanes of at least 4 members (excludes halogenated alkanes) is 15. The Bertz CT molecular complexity index is 309. The van der Waals surface area contributed by atoms with Gasteiger partial charge in [-0.25, -0.2) is 0 Å². The molecule has 0 radical (unpaired) electrons. The molecule has 1 N–H and O–H groups in total. The molecular formula is C23H44O2. The van der Waals surface area contributed by atoms with Gasteiger partial charge in [0, 0.05) is 19.3 Å². The molecule has 0 aliphatic carbocycles. The van der Waals surface area contributed by atoms with Crippen molar-refractivity contribution in [1.29, 1.82) is 0 Å². The summed E-state index contributed by atoms with van der Waals surface area (Å²) >= 11 is 0. The lowest BCUT2D eigenvalue weighted by molar-refractivity contribution is -0.118. The van der Waals surface area contributed by atoms with Crippen molar-refractivity contribution in [2.75, 3.05) is 0 Å². The minimum atomic E-state index is 0.337. The first-order valence-corrected chi connectivity index (χ1v) is 11.0. The Morgan fingerprint density at radius 1 is 0.600 bits per heavy atom. The van der Waals surface area contributed by atoms with Crippen molar-refractivity contribution in [3.05, 3.63) is 12.3 Å². The number of hydrogen-bond acceptors (Lipinski definition) is 2. The maximum absolute atomic E-state index is 11.2. The molecule has 0 amide bonds. The van der Waals surface area contributed by atoms with Gasteiger partial charge < -0.3 is 5.11 Å². The van der Waals surface area contributed by atoms with Gasteiger partial charge in [-0.05, 0) is 12.8 Å². The highest BCUT2D eigenvalue weighted by Crippen LogP contribution is 2.14. The van der Waals surface area contributed by atoms with Crippen LogP contribution in [0.5, 0.6) is 0 Å². The quantitative estimate of drug-likeness (QED) is 0.178. The molecular weight excluding hydrogens is 308 g/mol. The molecule has 0 unspecified atom stereocenters. The van der Waals surface area contributed by atoms with E-state index in [9.17, 15) is 4.79 Å². The van der Waals surface area contributed by atoms with Gasteiger partial charge in [0.15, 0.2) is 0 Å². The van der Waals surface area contributed by atoms with E-state index in [1.54, 1.807) is 0 Å². The fourth-order valence-corrected chi connectivity index (χ4v) is 3.30. The second-order valence-corrected chi connectivity index (χ2v) is 7.62. The third-order valence-electron chi connectivity index (χ3n) is 5.07. The molecule has 0 aromatic rings. The van der Waals surface area contributed by atoms with Gasteiger partial charge in [0.25, 0.3) is 0 Å². The number of Topliss-reactive ketones (excluding diaryl/α,β-unsaturated/α-hetero) is 1. The zero-order valence-electron chi connectivity index (χ0n) is 17.0. The molecule has 25 heavy (non-hydrogen) atoms. The van der Waals surface area contributed by atoms with Crippen LogP contribution in [0, 0.1) is 0 Å². The molecule has 0 aromatic heterocycles. The third-order valence-corrected chi connectivity index (χ3v) is 5.07. The number of allylic oxidation sites excluding steroid dienone is 1. The molecule has 0 rings (SSSR count). The van der Waals surface area contributed by atoms with Crippen LogP contribution in [0.25, 0.3) is 0 Å². The molecule has 0 saturated heterocycles. The molecule has 0 spiro atoms. The summed E-state index contributed by atoms with van der Waals surface area (Å²) < 4.78 is 0. The summed E-state index contributed by atoms with van der Waals surface area (Å²) in [7, 11) is 0. The number of aliphatic hydroxyl groups is 1. The van der Waals surface area contributed by atoms with Crippen LogP contribution in [0.1, 0.15) is 129 Å². The van der Waals surface area contributed by atoms with E-state index >= 15 is 0 Å². The summed E-state index contributed by atoms with van der Waals surface area (Å²) in [6.07, 6.45) is 23.4. The second kappa shape index (κ2) is 19.5. The predicted molar refractivity (Wildman–Crippen MR) is 110 cm³/mol. The lowest BCUT2D eigenvalue weighted by Gasteiger charge is -2.04. The number of carbonyl (C=O) groups is 1. The number of hydrogen-bond donors (Lipinski definition) is 1. The zero-order chi connectivity index (χ0) is 18.6. The van der Waals surface area contributed by atoms with Crippen molar-refractivity contribution in [2.45, 2.75) is 129 Å². The van der Waals surface area contributed by atoms with E-state index in [2.05, 4.69) is 6.58 Å². The molecule has 0 heterocycles. The van der Waals surface area contributed by atoms with Crippen LogP contribution >= 0.6 is 0 Å². The van der Waals surface area contributed by atoms with Crippen molar-refractivity contribution >= 4 is 5.78 Å². The maximum atomic E-state index is 11.2. The summed E-state index contributed by atoms with van der Waals surface area (Å²) in [4.78, 5) is 11.2. The summed E-state index contributed by atoms with van der Waals surface area (Å²) in [6.45, 7) is 5.48. The van der Waals surface area contributed by atoms with Gasteiger partial charge >= 0.3 is 0 Å². The van der Waals surface area contributed by atoms with Crippen LogP contribution in [0.4, 0.5) is 0 Å². The first-order chi connectivity index (χ1) is 12.2. The Balaban J connectivity index is 3.03. The van der Waals surface area contributed by atoms with Gasteiger partial charge in [0.05, 0.1) is 5.76 Å². The van der Waals surface area contributed by atoms with Crippen LogP contribution in [0.3, 0.4) is 0 Å². The zero-order valence-corrected chi connectivity index (χ0v) is 17.0. The largest absolute Gasteiger partial charge is 0.513 e. The summed E-state index contributed by atoms with van der Waals surface area (Å²) in [5, 5.41) is 9.00.